The Hall–Kier alpha value is -1.59. The van der Waals surface area contributed by atoms with Gasteiger partial charge in [0.05, 0.1) is 11.0 Å². The Morgan fingerprint density at radius 2 is 1.89 bits per heavy atom. The summed E-state index contributed by atoms with van der Waals surface area (Å²) in [7, 11) is 8.00. The highest BCUT2D eigenvalue weighted by atomic mass is 16.1. The molecule has 18 heavy (non-hydrogen) atoms. The van der Waals surface area contributed by atoms with Crippen molar-refractivity contribution in [3.63, 3.8) is 0 Å². The monoisotopic (exact) mass is 248 g/mol. The predicted molar refractivity (Wildman–Crippen MR) is 73.8 cm³/mol. The maximum atomic E-state index is 12.1. The van der Waals surface area contributed by atoms with Crippen LogP contribution >= 0.6 is 0 Å². The number of aromatic amines is 1. The molecule has 98 valence electrons. The van der Waals surface area contributed by atoms with Crippen LogP contribution in [-0.2, 0) is 0 Å². The number of rotatable bonds is 4. The molecule has 5 nitrogen and oxygen atoms in total. The minimum atomic E-state index is -0.0586. The summed E-state index contributed by atoms with van der Waals surface area (Å²) >= 11 is 0. The number of fused-ring (bicyclic) bond motifs is 1. The summed E-state index contributed by atoms with van der Waals surface area (Å²) in [5, 5.41) is 0. The van der Waals surface area contributed by atoms with Crippen molar-refractivity contribution >= 4 is 11.0 Å². The molecular formula is C13H20N4O. The number of likely N-dealkylation sites (N-methyl/N-ethyl adjacent to an activating group) is 2. The Bertz CT molecular complexity index is 582. The van der Waals surface area contributed by atoms with Gasteiger partial charge in [-0.3, -0.25) is 9.47 Å². The quantitative estimate of drug-likeness (QED) is 0.876. The van der Waals surface area contributed by atoms with Gasteiger partial charge in [0, 0.05) is 6.54 Å². The summed E-state index contributed by atoms with van der Waals surface area (Å²) < 4.78 is 1.81. The van der Waals surface area contributed by atoms with Crippen molar-refractivity contribution in [1.29, 1.82) is 0 Å². The predicted octanol–water partition coefficient (Wildman–Crippen LogP) is 0.951. The molecule has 0 aliphatic heterocycles. The van der Waals surface area contributed by atoms with E-state index in [0.29, 0.717) is 0 Å². The molecule has 1 atom stereocenters. The smallest absolute Gasteiger partial charge is 0.306 e. The van der Waals surface area contributed by atoms with Gasteiger partial charge in [0.15, 0.2) is 0 Å². The lowest BCUT2D eigenvalue weighted by Gasteiger charge is -2.28. The van der Waals surface area contributed by atoms with Crippen LogP contribution in [0, 0.1) is 0 Å². The first-order valence-electron chi connectivity index (χ1n) is 6.01. The Morgan fingerprint density at radius 3 is 2.50 bits per heavy atom. The van der Waals surface area contributed by atoms with E-state index in [0.717, 1.165) is 17.6 Å². The molecule has 0 aliphatic rings. The fourth-order valence-corrected chi connectivity index (χ4v) is 2.17. The molecule has 0 amide bonds. The SMILES string of the molecule is CN(C)CC(N(C)C)n1c(=O)[nH]c2ccccc21. The molecule has 0 fully saturated rings. The maximum absolute atomic E-state index is 12.1. The third-order valence-corrected chi connectivity index (χ3v) is 3.05. The van der Waals surface area contributed by atoms with Crippen LogP contribution in [0.4, 0.5) is 0 Å². The number of benzene rings is 1. The summed E-state index contributed by atoms with van der Waals surface area (Å²) in [4.78, 5) is 19.2. The van der Waals surface area contributed by atoms with E-state index in [9.17, 15) is 4.79 Å². The van der Waals surface area contributed by atoms with Crippen molar-refractivity contribution < 1.29 is 0 Å². The average Bonchev–Trinajstić information content (AvgIpc) is 2.61. The van der Waals surface area contributed by atoms with E-state index >= 15 is 0 Å². The fourth-order valence-electron chi connectivity index (χ4n) is 2.17. The topological polar surface area (TPSA) is 44.3 Å². The lowest BCUT2D eigenvalue weighted by Crippen LogP contribution is -2.38. The molecule has 1 heterocycles. The molecule has 0 radical (unpaired) electrons. The minimum absolute atomic E-state index is 0.0173. The third kappa shape index (κ3) is 2.32. The first-order valence-corrected chi connectivity index (χ1v) is 6.01. The number of H-pyrrole nitrogens is 1. The Labute approximate surface area is 107 Å². The summed E-state index contributed by atoms with van der Waals surface area (Å²) in [6, 6.07) is 7.78. The van der Waals surface area contributed by atoms with Crippen LogP contribution < -0.4 is 5.69 Å². The van der Waals surface area contributed by atoms with Crippen molar-refractivity contribution in [2.45, 2.75) is 6.17 Å². The van der Waals surface area contributed by atoms with Crippen molar-refractivity contribution in [2.24, 2.45) is 0 Å². The first kappa shape index (κ1) is 12.9. The number of para-hydroxylation sites is 2. The largest absolute Gasteiger partial charge is 0.327 e. The molecule has 2 rings (SSSR count). The second-order valence-corrected chi connectivity index (χ2v) is 5.02. The normalized spacial score (nSPS) is 13.7. The van der Waals surface area contributed by atoms with E-state index in [1.165, 1.54) is 0 Å². The highest BCUT2D eigenvalue weighted by Gasteiger charge is 2.19. The maximum Gasteiger partial charge on any atom is 0.327 e. The van der Waals surface area contributed by atoms with Crippen LogP contribution in [0.5, 0.6) is 0 Å². The highest BCUT2D eigenvalue weighted by Crippen LogP contribution is 2.16. The Balaban J connectivity index is 2.56. The third-order valence-electron chi connectivity index (χ3n) is 3.05. The summed E-state index contributed by atoms with van der Waals surface area (Å²) in [5.41, 5.74) is 1.77. The lowest BCUT2D eigenvalue weighted by atomic mass is 10.3. The zero-order valence-electron chi connectivity index (χ0n) is 11.3. The zero-order chi connectivity index (χ0) is 13.3. The molecule has 1 N–H and O–H groups in total. The van der Waals surface area contributed by atoms with E-state index in [1.807, 2.05) is 57.0 Å². The van der Waals surface area contributed by atoms with Crippen LogP contribution in [0.15, 0.2) is 29.1 Å². The van der Waals surface area contributed by atoms with Crippen molar-refractivity contribution in [2.75, 3.05) is 34.7 Å². The highest BCUT2D eigenvalue weighted by molar-refractivity contribution is 5.75. The number of aromatic nitrogens is 2. The fraction of sp³-hybridized carbons (Fsp3) is 0.462. The summed E-state index contributed by atoms with van der Waals surface area (Å²) in [6.07, 6.45) is 0.0173. The van der Waals surface area contributed by atoms with Crippen molar-refractivity contribution in [1.82, 2.24) is 19.4 Å². The van der Waals surface area contributed by atoms with Gasteiger partial charge in [0.1, 0.15) is 6.17 Å². The second kappa shape index (κ2) is 4.96. The van der Waals surface area contributed by atoms with Crippen LogP contribution in [0.3, 0.4) is 0 Å². The Kier molecular flexibility index (Phi) is 3.54. The van der Waals surface area contributed by atoms with Crippen molar-refractivity contribution in [3.05, 3.63) is 34.7 Å². The molecule has 0 saturated heterocycles. The molecule has 1 unspecified atom stereocenters. The van der Waals surface area contributed by atoms with Gasteiger partial charge in [-0.25, -0.2) is 4.79 Å². The van der Waals surface area contributed by atoms with E-state index in [1.54, 1.807) is 0 Å². The van der Waals surface area contributed by atoms with Gasteiger partial charge in [-0.05, 0) is 40.3 Å². The number of imidazole rings is 1. The van der Waals surface area contributed by atoms with Gasteiger partial charge < -0.3 is 9.88 Å². The number of hydrogen-bond donors (Lipinski definition) is 1. The van der Waals surface area contributed by atoms with Gasteiger partial charge in [0.25, 0.3) is 0 Å². The van der Waals surface area contributed by atoms with E-state index < -0.39 is 0 Å². The summed E-state index contributed by atoms with van der Waals surface area (Å²) in [5.74, 6) is 0. The molecule has 0 spiro atoms. The van der Waals surface area contributed by atoms with Crippen LogP contribution in [0.2, 0.25) is 0 Å². The molecule has 2 aromatic rings. The van der Waals surface area contributed by atoms with E-state index in [-0.39, 0.29) is 11.9 Å². The number of nitrogens with zero attached hydrogens (tertiary/aromatic N) is 3. The molecule has 1 aromatic heterocycles. The van der Waals surface area contributed by atoms with Crippen LogP contribution in [0.25, 0.3) is 11.0 Å². The minimum Gasteiger partial charge on any atom is -0.306 e. The van der Waals surface area contributed by atoms with Crippen LogP contribution in [-0.4, -0.2) is 54.1 Å². The van der Waals surface area contributed by atoms with Gasteiger partial charge >= 0.3 is 5.69 Å². The summed E-state index contributed by atoms with van der Waals surface area (Å²) in [6.45, 7) is 0.786. The molecular weight excluding hydrogens is 228 g/mol. The molecule has 5 heteroatoms. The molecule has 0 aliphatic carbocycles. The Morgan fingerprint density at radius 1 is 1.22 bits per heavy atom. The molecule has 0 saturated carbocycles. The molecule has 0 bridgehead atoms. The lowest BCUT2D eigenvalue weighted by molar-refractivity contribution is 0.167. The van der Waals surface area contributed by atoms with Gasteiger partial charge in [-0.1, -0.05) is 12.1 Å². The standard InChI is InChI=1S/C13H20N4O/c1-15(2)9-12(16(3)4)17-11-8-6-5-7-10(11)14-13(17)18/h5-8,12H,9H2,1-4H3,(H,14,18). The van der Waals surface area contributed by atoms with Crippen LogP contribution in [0.1, 0.15) is 6.17 Å². The van der Waals surface area contributed by atoms with E-state index in [2.05, 4.69) is 14.8 Å². The van der Waals surface area contributed by atoms with Crippen molar-refractivity contribution in [3.8, 4) is 0 Å². The first-order chi connectivity index (χ1) is 8.50. The number of hydrogen-bond acceptors (Lipinski definition) is 3. The second-order valence-electron chi connectivity index (χ2n) is 5.02. The van der Waals surface area contributed by atoms with Gasteiger partial charge in [-0.2, -0.15) is 0 Å². The average molecular weight is 248 g/mol. The van der Waals surface area contributed by atoms with Gasteiger partial charge in [-0.15, -0.1) is 0 Å². The van der Waals surface area contributed by atoms with Gasteiger partial charge in [0.2, 0.25) is 0 Å². The molecule has 1 aromatic carbocycles. The number of nitrogens with one attached hydrogen (secondary N) is 1. The van der Waals surface area contributed by atoms with E-state index in [4.69, 9.17) is 0 Å². The zero-order valence-corrected chi connectivity index (χ0v) is 11.3.